The van der Waals surface area contributed by atoms with Crippen LogP contribution in [-0.2, 0) is 40.4 Å². The average molecular weight is 895 g/mol. The zero-order valence-electron chi connectivity index (χ0n) is 32.8. The Kier molecular flexibility index (Phi) is 9.73. The first-order valence-corrected chi connectivity index (χ1v) is 21.4. The Morgan fingerprint density at radius 1 is 1.10 bits per heavy atom. The van der Waals surface area contributed by atoms with Crippen molar-refractivity contribution in [2.24, 2.45) is 13.0 Å². The molecule has 320 valence electrons. The van der Waals surface area contributed by atoms with Crippen LogP contribution >= 0.6 is 11.6 Å². The monoisotopic (exact) mass is 894 g/mol. The van der Waals surface area contributed by atoms with Crippen LogP contribution in [0.25, 0.3) is 38.6 Å². The van der Waals surface area contributed by atoms with E-state index >= 15 is 13.6 Å². The number of hydrogen-bond acceptors (Lipinski definition) is 8. The summed E-state index contributed by atoms with van der Waals surface area (Å²) >= 11 is 6.71. The fourth-order valence-electron chi connectivity index (χ4n) is 8.45. The molecule has 1 unspecified atom stereocenters. The van der Waals surface area contributed by atoms with Gasteiger partial charge in [-0.05, 0) is 72.7 Å². The molecule has 0 bridgehead atoms. The summed E-state index contributed by atoms with van der Waals surface area (Å²) < 4.78 is 108. The Labute approximate surface area is 352 Å². The number of nitrogens with zero attached hydrogens (tertiary/aromatic N) is 8. The molecule has 62 heavy (non-hydrogen) atoms. The van der Waals surface area contributed by atoms with E-state index in [2.05, 4.69) is 36.1 Å². The van der Waals surface area contributed by atoms with Crippen LogP contribution in [-0.4, -0.2) is 61.3 Å². The average Bonchev–Trinajstić information content (AvgIpc) is 3.73. The SMILES string of the molecule is C=S(C)(=O)Nc1nn(C)c2c(-n3c([C@H](Cc4cc(F)cc(F)c4)NC(=O)Cn4nc(C(F)F)c5c4C(F)(F)[C@@H]4C[C@H]54)nc4cc(-c5cncnc5C)ccc4c3=O)ccc(Cl)c12. The number of aryl methyl sites for hydroxylation is 2. The van der Waals surface area contributed by atoms with Gasteiger partial charge in [-0.1, -0.05) is 17.7 Å². The van der Waals surface area contributed by atoms with E-state index in [0.29, 0.717) is 27.6 Å². The second-order valence-electron chi connectivity index (χ2n) is 15.5. The minimum atomic E-state index is -3.53. The Morgan fingerprint density at radius 3 is 2.53 bits per heavy atom. The summed E-state index contributed by atoms with van der Waals surface area (Å²) in [4.78, 5) is 42.5. The molecule has 4 aromatic heterocycles. The standard InChI is InChI=1S/C41H33ClF6N10O3S/c1-18-25(15-49-17-50-18)20-5-6-23-28(12-20)52-39(58(40(23)60)30-8-7-27(42)33-35(30)56(2)54-38(33)55-62(3,4)61)29(11-19-9-21(43)13-22(44)10-19)51-31(59)16-57-36-32(34(53-57)37(45)46)24-14-26(24)41(36,47)48/h5-10,12-13,15,17,24,26,29,37H,3,11,14,16H2,1-2,4H3,(H,51,59)(H,54,55,61)/t24-,26+,29-,62?/m0/s1. The first-order valence-electron chi connectivity index (χ1n) is 18.9. The topological polar surface area (TPSA) is 155 Å². The van der Waals surface area contributed by atoms with Crippen LogP contribution in [0.2, 0.25) is 5.02 Å². The van der Waals surface area contributed by atoms with Gasteiger partial charge in [-0.2, -0.15) is 19.0 Å². The van der Waals surface area contributed by atoms with Gasteiger partial charge in [0.15, 0.2) is 5.82 Å². The third-order valence-electron chi connectivity index (χ3n) is 11.1. The second kappa shape index (κ2) is 14.7. The molecule has 1 amide bonds. The fraction of sp³-hybridized carbons (Fsp3) is 0.268. The molecule has 13 nitrogen and oxygen atoms in total. The number of fused-ring (bicyclic) bond motifs is 5. The van der Waals surface area contributed by atoms with E-state index in [1.165, 1.54) is 42.5 Å². The normalized spacial score (nSPS) is 17.9. The maximum atomic E-state index is 15.5. The molecule has 3 aromatic carbocycles. The molecule has 0 spiro atoms. The van der Waals surface area contributed by atoms with Crippen molar-refractivity contribution >= 4 is 60.7 Å². The van der Waals surface area contributed by atoms with Gasteiger partial charge in [0.25, 0.3) is 17.9 Å². The zero-order valence-corrected chi connectivity index (χ0v) is 34.3. The van der Waals surface area contributed by atoms with Crippen molar-refractivity contribution in [3.05, 3.63) is 122 Å². The van der Waals surface area contributed by atoms with Crippen LogP contribution < -0.4 is 15.6 Å². The van der Waals surface area contributed by atoms with Crippen LogP contribution in [0.3, 0.4) is 0 Å². The lowest BCUT2D eigenvalue weighted by Gasteiger charge is -2.24. The van der Waals surface area contributed by atoms with Gasteiger partial charge in [0.1, 0.15) is 41.7 Å². The van der Waals surface area contributed by atoms with Crippen molar-refractivity contribution < 1.29 is 35.3 Å². The minimum Gasteiger partial charge on any atom is -0.344 e. The third-order valence-corrected chi connectivity index (χ3v) is 12.0. The number of rotatable bonds is 11. The highest BCUT2D eigenvalue weighted by molar-refractivity contribution is 8.00. The van der Waals surface area contributed by atoms with Crippen LogP contribution in [0.5, 0.6) is 0 Å². The highest BCUT2D eigenvalue weighted by Gasteiger charge is 2.67. The summed E-state index contributed by atoms with van der Waals surface area (Å²) in [7, 11) is -1.38. The van der Waals surface area contributed by atoms with Crippen LogP contribution in [0, 0.1) is 24.5 Å². The summed E-state index contributed by atoms with van der Waals surface area (Å²) in [5.74, 6) is -5.00. The Balaban J connectivity index is 1.26. The molecular formula is C41H33ClF6N10O3S. The number of amides is 1. The van der Waals surface area contributed by atoms with Crippen molar-refractivity contribution in [2.45, 2.75) is 50.6 Å². The molecule has 4 atom stereocenters. The van der Waals surface area contributed by atoms with Crippen LogP contribution in [0.1, 0.15) is 58.8 Å². The molecule has 2 aliphatic rings. The number of hydrogen-bond donors (Lipinski definition) is 2. The minimum absolute atomic E-state index is 0.00645. The number of carbonyl (C=O) groups excluding carboxylic acids is 1. The number of benzene rings is 3. The third kappa shape index (κ3) is 7.03. The van der Waals surface area contributed by atoms with E-state index in [-0.39, 0.29) is 61.7 Å². The lowest BCUT2D eigenvalue weighted by atomic mass is 10.0. The van der Waals surface area contributed by atoms with E-state index in [4.69, 9.17) is 16.6 Å². The smallest absolute Gasteiger partial charge is 0.293 e. The first kappa shape index (κ1) is 41.1. The molecule has 7 aromatic rings. The molecule has 2 N–H and O–H groups in total. The summed E-state index contributed by atoms with van der Waals surface area (Å²) in [6.45, 7) is 0.797. The number of anilines is 1. The van der Waals surface area contributed by atoms with E-state index in [1.807, 2.05) is 0 Å². The maximum absolute atomic E-state index is 15.5. The largest absolute Gasteiger partial charge is 0.344 e. The van der Waals surface area contributed by atoms with E-state index in [9.17, 15) is 26.6 Å². The maximum Gasteiger partial charge on any atom is 0.293 e. The molecule has 0 saturated heterocycles. The van der Waals surface area contributed by atoms with Crippen molar-refractivity contribution in [3.8, 4) is 16.8 Å². The zero-order chi connectivity index (χ0) is 44.2. The van der Waals surface area contributed by atoms with Gasteiger partial charge < -0.3 is 5.32 Å². The lowest BCUT2D eigenvalue weighted by molar-refractivity contribution is -0.123. The predicted octanol–water partition coefficient (Wildman–Crippen LogP) is 7.09. The highest BCUT2D eigenvalue weighted by atomic mass is 35.5. The highest BCUT2D eigenvalue weighted by Crippen LogP contribution is 2.68. The number of halogens is 7. The quantitative estimate of drug-likeness (QED) is 0.103. The van der Waals surface area contributed by atoms with Gasteiger partial charge in [0.05, 0.1) is 38.6 Å². The molecule has 0 radical (unpaired) electrons. The fourth-order valence-corrected chi connectivity index (χ4v) is 9.24. The lowest BCUT2D eigenvalue weighted by Crippen LogP contribution is -2.38. The number of carbonyl (C=O) groups is 1. The van der Waals surface area contributed by atoms with Gasteiger partial charge in [-0.25, -0.2) is 36.7 Å². The van der Waals surface area contributed by atoms with Crippen molar-refractivity contribution in [1.82, 2.24) is 44.4 Å². The number of aromatic nitrogens is 8. The summed E-state index contributed by atoms with van der Waals surface area (Å²) in [5, 5.41) is 11.4. The Bertz CT molecular complexity index is 3190. The molecule has 21 heteroatoms. The summed E-state index contributed by atoms with van der Waals surface area (Å²) in [5.41, 5.74) is -0.376. The van der Waals surface area contributed by atoms with Gasteiger partial charge in [0.2, 0.25) is 5.91 Å². The van der Waals surface area contributed by atoms with Gasteiger partial charge in [-0.15, -0.1) is 0 Å². The van der Waals surface area contributed by atoms with E-state index in [0.717, 1.165) is 16.7 Å². The van der Waals surface area contributed by atoms with Crippen LogP contribution in [0.15, 0.2) is 65.8 Å². The molecule has 2 aliphatic carbocycles. The first-order chi connectivity index (χ1) is 29.3. The molecule has 1 saturated carbocycles. The number of alkyl halides is 4. The summed E-state index contributed by atoms with van der Waals surface area (Å²) in [6, 6.07) is 8.89. The predicted molar refractivity (Wildman–Crippen MR) is 220 cm³/mol. The van der Waals surface area contributed by atoms with E-state index in [1.54, 1.807) is 25.3 Å². The molecule has 0 aliphatic heterocycles. The molecule has 1 fully saturated rings. The van der Waals surface area contributed by atoms with Gasteiger partial charge in [-0.3, -0.25) is 28.2 Å². The van der Waals surface area contributed by atoms with Crippen molar-refractivity contribution in [1.29, 1.82) is 0 Å². The molecule has 9 rings (SSSR count). The summed E-state index contributed by atoms with van der Waals surface area (Å²) in [6.07, 6.45) is 0.670. The second-order valence-corrected chi connectivity index (χ2v) is 18.1. The van der Waals surface area contributed by atoms with Gasteiger partial charge in [0, 0.05) is 64.4 Å². The number of nitrogens with one attached hydrogen (secondary N) is 2. The van der Waals surface area contributed by atoms with Crippen molar-refractivity contribution in [3.63, 3.8) is 0 Å². The van der Waals surface area contributed by atoms with Crippen LogP contribution in [0.4, 0.5) is 32.2 Å². The molecular weight excluding hydrogens is 862 g/mol. The molecule has 4 heterocycles. The van der Waals surface area contributed by atoms with Crippen molar-refractivity contribution in [2.75, 3.05) is 11.0 Å². The Morgan fingerprint density at radius 2 is 1.84 bits per heavy atom. The Hall–Kier alpha value is -6.28. The van der Waals surface area contributed by atoms with Gasteiger partial charge >= 0.3 is 0 Å². The van der Waals surface area contributed by atoms with E-state index < -0.39 is 87.4 Å².